The lowest BCUT2D eigenvalue weighted by Crippen LogP contribution is -2.53. The van der Waals surface area contributed by atoms with Crippen LogP contribution < -0.4 is 9.46 Å². The van der Waals surface area contributed by atoms with Crippen molar-refractivity contribution in [1.29, 1.82) is 0 Å². The highest BCUT2D eigenvalue weighted by molar-refractivity contribution is 7.87. The minimum absolute atomic E-state index is 0.0690. The molecule has 3 atom stereocenters. The number of benzene rings is 1. The molecule has 158 valence electrons. The molecule has 1 aromatic rings. The molecule has 28 heavy (non-hydrogen) atoms. The smallest absolute Gasteiger partial charge is 0.279 e. The van der Waals surface area contributed by atoms with Gasteiger partial charge in [-0.25, -0.2) is 4.72 Å². The lowest BCUT2D eigenvalue weighted by Gasteiger charge is -2.37. The molecule has 3 unspecified atom stereocenters. The zero-order valence-corrected chi connectivity index (χ0v) is 17.7. The van der Waals surface area contributed by atoms with Crippen LogP contribution in [0.1, 0.15) is 25.5 Å². The van der Waals surface area contributed by atoms with Crippen LogP contribution in [0.3, 0.4) is 0 Å². The summed E-state index contributed by atoms with van der Waals surface area (Å²) in [5.41, 5.74) is 1.05. The van der Waals surface area contributed by atoms with E-state index in [1.807, 2.05) is 38.1 Å². The topological polar surface area (TPSA) is 80.3 Å². The summed E-state index contributed by atoms with van der Waals surface area (Å²) in [6.45, 7) is 7.66. The van der Waals surface area contributed by atoms with Gasteiger partial charge in [0.1, 0.15) is 5.75 Å². The first-order chi connectivity index (χ1) is 13.4. The van der Waals surface area contributed by atoms with Crippen LogP contribution in [0, 0.1) is 0 Å². The Morgan fingerprint density at radius 2 is 1.75 bits per heavy atom. The molecule has 2 heterocycles. The molecule has 2 aliphatic rings. The van der Waals surface area contributed by atoms with Gasteiger partial charge in [-0.2, -0.15) is 12.7 Å². The van der Waals surface area contributed by atoms with E-state index in [9.17, 15) is 8.42 Å². The maximum absolute atomic E-state index is 12.9. The Balaban J connectivity index is 1.73. The van der Waals surface area contributed by atoms with Crippen LogP contribution in [0.25, 0.3) is 0 Å². The average Bonchev–Trinajstić information content (AvgIpc) is 2.68. The summed E-state index contributed by atoms with van der Waals surface area (Å²) in [4.78, 5) is 2.26. The van der Waals surface area contributed by atoms with E-state index in [2.05, 4.69) is 9.62 Å². The summed E-state index contributed by atoms with van der Waals surface area (Å²) >= 11 is 0. The molecule has 2 aliphatic heterocycles. The zero-order valence-electron chi connectivity index (χ0n) is 16.8. The monoisotopic (exact) mass is 413 g/mol. The van der Waals surface area contributed by atoms with Crippen LogP contribution in [0.5, 0.6) is 5.75 Å². The van der Waals surface area contributed by atoms with Crippen molar-refractivity contribution in [2.45, 2.75) is 32.1 Å². The minimum Gasteiger partial charge on any atom is -0.497 e. The normalized spacial score (nSPS) is 26.1. The van der Waals surface area contributed by atoms with Gasteiger partial charge in [0.05, 0.1) is 32.5 Å². The molecule has 9 heteroatoms. The molecule has 0 spiro atoms. The molecule has 0 bridgehead atoms. The van der Waals surface area contributed by atoms with E-state index in [0.717, 1.165) is 24.4 Å². The van der Waals surface area contributed by atoms with E-state index in [-0.39, 0.29) is 18.2 Å². The van der Waals surface area contributed by atoms with Gasteiger partial charge in [-0.05, 0) is 31.5 Å². The Morgan fingerprint density at radius 3 is 2.32 bits per heavy atom. The van der Waals surface area contributed by atoms with Crippen LogP contribution in [0.4, 0.5) is 0 Å². The van der Waals surface area contributed by atoms with Crippen LogP contribution >= 0.6 is 0 Å². The summed E-state index contributed by atoms with van der Waals surface area (Å²) in [5.74, 6) is 0.779. The van der Waals surface area contributed by atoms with Gasteiger partial charge in [0.2, 0.25) is 0 Å². The maximum atomic E-state index is 12.9. The first-order valence-corrected chi connectivity index (χ1v) is 11.2. The fourth-order valence-electron chi connectivity index (χ4n) is 3.78. The molecule has 8 nitrogen and oxygen atoms in total. The predicted molar refractivity (Wildman–Crippen MR) is 107 cm³/mol. The molecule has 1 aromatic carbocycles. The molecular weight excluding hydrogens is 382 g/mol. The van der Waals surface area contributed by atoms with Crippen molar-refractivity contribution in [3.05, 3.63) is 29.8 Å². The van der Waals surface area contributed by atoms with Gasteiger partial charge in [0.25, 0.3) is 10.2 Å². The van der Waals surface area contributed by atoms with Crippen LogP contribution in [0.2, 0.25) is 0 Å². The Bertz CT molecular complexity index is 712. The SMILES string of the molecule is COc1ccc(C(CNS(=O)(=O)N2CC(C)OC(C)C2)N2CCOCC2)cc1. The molecule has 0 saturated carbocycles. The number of ether oxygens (including phenoxy) is 3. The molecule has 0 aliphatic carbocycles. The Hall–Kier alpha value is -1.23. The predicted octanol–water partition coefficient (Wildman–Crippen LogP) is 1.01. The Kier molecular flexibility index (Phi) is 7.30. The summed E-state index contributed by atoms with van der Waals surface area (Å²) in [5, 5.41) is 0. The summed E-state index contributed by atoms with van der Waals surface area (Å²) in [7, 11) is -1.95. The first kappa shape index (κ1) is 21.5. The highest BCUT2D eigenvalue weighted by Gasteiger charge is 2.32. The molecule has 0 amide bonds. The second-order valence-corrected chi connectivity index (χ2v) is 9.12. The minimum atomic E-state index is -3.58. The number of methoxy groups -OCH3 is 1. The van der Waals surface area contributed by atoms with E-state index in [4.69, 9.17) is 14.2 Å². The maximum Gasteiger partial charge on any atom is 0.279 e. The standard InChI is InChI=1S/C19H31N3O5S/c1-15-13-22(14-16(2)27-15)28(23,24)20-12-19(21-8-10-26-11-9-21)17-4-6-18(25-3)7-5-17/h4-7,15-16,19-20H,8-14H2,1-3H3. The van der Waals surface area contributed by atoms with E-state index < -0.39 is 10.2 Å². The molecular formula is C19H31N3O5S. The van der Waals surface area contributed by atoms with Gasteiger partial charge < -0.3 is 14.2 Å². The van der Waals surface area contributed by atoms with Gasteiger partial charge in [-0.1, -0.05) is 12.1 Å². The molecule has 3 rings (SSSR count). The fourth-order valence-corrected chi connectivity index (χ4v) is 5.14. The lowest BCUT2D eigenvalue weighted by atomic mass is 10.0. The highest BCUT2D eigenvalue weighted by atomic mass is 32.2. The lowest BCUT2D eigenvalue weighted by molar-refractivity contribution is -0.0444. The second-order valence-electron chi connectivity index (χ2n) is 7.37. The van der Waals surface area contributed by atoms with Gasteiger partial charge in [-0.15, -0.1) is 0 Å². The average molecular weight is 414 g/mol. The second kappa shape index (κ2) is 9.51. The third-order valence-electron chi connectivity index (χ3n) is 5.17. The van der Waals surface area contributed by atoms with Crippen molar-refractivity contribution < 1.29 is 22.6 Å². The quantitative estimate of drug-likeness (QED) is 0.719. The summed E-state index contributed by atoms with van der Waals surface area (Å²) < 4.78 is 46.5. The van der Waals surface area contributed by atoms with Crippen molar-refractivity contribution in [2.24, 2.45) is 0 Å². The van der Waals surface area contributed by atoms with Gasteiger partial charge in [0, 0.05) is 38.8 Å². The number of morpholine rings is 2. The Labute approximate surface area is 167 Å². The van der Waals surface area contributed by atoms with E-state index >= 15 is 0 Å². The van der Waals surface area contributed by atoms with Crippen LogP contribution in [-0.4, -0.2) is 82.9 Å². The van der Waals surface area contributed by atoms with Crippen LogP contribution in [0.15, 0.2) is 24.3 Å². The molecule has 2 saturated heterocycles. The number of nitrogens with one attached hydrogen (secondary N) is 1. The fraction of sp³-hybridized carbons (Fsp3) is 0.684. The Morgan fingerprint density at radius 1 is 1.14 bits per heavy atom. The van der Waals surface area contributed by atoms with Crippen molar-refractivity contribution in [1.82, 2.24) is 13.9 Å². The molecule has 0 radical (unpaired) electrons. The zero-order chi connectivity index (χ0) is 20.1. The molecule has 0 aromatic heterocycles. The summed E-state index contributed by atoms with van der Waals surface area (Å²) in [6.07, 6.45) is -0.228. The van der Waals surface area contributed by atoms with Gasteiger partial charge in [-0.3, -0.25) is 4.90 Å². The molecule has 2 fully saturated rings. The van der Waals surface area contributed by atoms with Crippen molar-refractivity contribution in [3.8, 4) is 5.75 Å². The van der Waals surface area contributed by atoms with Crippen molar-refractivity contribution in [2.75, 3.05) is 53.0 Å². The third kappa shape index (κ3) is 5.43. The highest BCUT2D eigenvalue weighted by Crippen LogP contribution is 2.24. The van der Waals surface area contributed by atoms with E-state index in [1.54, 1.807) is 7.11 Å². The number of hydrogen-bond acceptors (Lipinski definition) is 6. The first-order valence-electron chi connectivity index (χ1n) is 9.75. The van der Waals surface area contributed by atoms with Crippen molar-refractivity contribution >= 4 is 10.2 Å². The third-order valence-corrected chi connectivity index (χ3v) is 6.68. The number of hydrogen-bond donors (Lipinski definition) is 1. The van der Waals surface area contributed by atoms with E-state index in [0.29, 0.717) is 32.8 Å². The number of rotatable bonds is 7. The largest absolute Gasteiger partial charge is 0.497 e. The summed E-state index contributed by atoms with van der Waals surface area (Å²) in [6, 6.07) is 7.73. The van der Waals surface area contributed by atoms with Crippen LogP contribution in [-0.2, 0) is 19.7 Å². The van der Waals surface area contributed by atoms with Crippen molar-refractivity contribution in [3.63, 3.8) is 0 Å². The molecule has 1 N–H and O–H groups in total. The van der Waals surface area contributed by atoms with E-state index in [1.165, 1.54) is 4.31 Å². The number of nitrogens with zero attached hydrogens (tertiary/aromatic N) is 2. The van der Waals surface area contributed by atoms with Gasteiger partial charge >= 0.3 is 0 Å². The van der Waals surface area contributed by atoms with Gasteiger partial charge in [0.15, 0.2) is 0 Å².